The highest BCUT2D eigenvalue weighted by Gasteiger charge is 2.30. The van der Waals surface area contributed by atoms with Crippen LogP contribution in [0.15, 0.2) is 0 Å². The summed E-state index contributed by atoms with van der Waals surface area (Å²) in [4.78, 5) is 13.2. The minimum Gasteiger partial charge on any atom is -0.480 e. The number of aliphatic carboxylic acids is 1. The molecule has 0 aromatic carbocycles. The predicted molar refractivity (Wildman–Crippen MR) is 54.2 cm³/mol. The van der Waals surface area contributed by atoms with E-state index in [1.54, 1.807) is 0 Å². The molecule has 1 saturated heterocycles. The Morgan fingerprint density at radius 2 is 2.07 bits per heavy atom. The van der Waals surface area contributed by atoms with Crippen molar-refractivity contribution in [2.24, 2.45) is 5.92 Å². The molecule has 1 unspecified atom stereocenters. The molecular weight excluding hydrogens is 178 g/mol. The summed E-state index contributed by atoms with van der Waals surface area (Å²) >= 11 is 0. The summed E-state index contributed by atoms with van der Waals surface area (Å²) in [5.41, 5.74) is 0. The first-order valence-corrected chi connectivity index (χ1v) is 5.74. The largest absolute Gasteiger partial charge is 0.480 e. The van der Waals surface area contributed by atoms with Crippen LogP contribution in [0.5, 0.6) is 0 Å². The third kappa shape index (κ3) is 2.47. The van der Waals surface area contributed by atoms with Gasteiger partial charge in [-0.15, -0.1) is 0 Å². The van der Waals surface area contributed by atoms with E-state index in [-0.39, 0.29) is 6.04 Å². The van der Waals surface area contributed by atoms with E-state index in [0.29, 0.717) is 0 Å². The van der Waals surface area contributed by atoms with E-state index in [9.17, 15) is 4.79 Å². The first kappa shape index (κ1) is 9.97. The Balaban J connectivity index is 1.81. The van der Waals surface area contributed by atoms with Crippen LogP contribution in [-0.2, 0) is 4.79 Å². The summed E-state index contributed by atoms with van der Waals surface area (Å²) in [6.45, 7) is 1.99. The van der Waals surface area contributed by atoms with Crippen LogP contribution in [-0.4, -0.2) is 35.1 Å². The summed E-state index contributed by atoms with van der Waals surface area (Å²) in [6, 6.07) is -0.192. The quantitative estimate of drug-likeness (QED) is 0.746. The van der Waals surface area contributed by atoms with Crippen molar-refractivity contribution in [2.45, 2.75) is 44.6 Å². The van der Waals surface area contributed by atoms with Crippen LogP contribution >= 0.6 is 0 Å². The van der Waals surface area contributed by atoms with Gasteiger partial charge in [0.25, 0.3) is 0 Å². The van der Waals surface area contributed by atoms with Crippen LogP contribution in [0.25, 0.3) is 0 Å². The molecule has 3 heteroatoms. The number of piperidine rings is 1. The van der Waals surface area contributed by atoms with Crippen LogP contribution in [0.2, 0.25) is 0 Å². The van der Waals surface area contributed by atoms with Crippen LogP contribution in [0.4, 0.5) is 0 Å². The Bertz CT molecular complexity index is 213. The molecule has 1 aliphatic carbocycles. The second kappa shape index (κ2) is 4.30. The van der Waals surface area contributed by atoms with Gasteiger partial charge in [0.05, 0.1) is 0 Å². The summed E-state index contributed by atoms with van der Waals surface area (Å²) in [6.07, 6.45) is 7.05. The predicted octanol–water partition coefficient (Wildman–Crippen LogP) is 1.73. The van der Waals surface area contributed by atoms with Crippen molar-refractivity contribution in [3.63, 3.8) is 0 Å². The number of hydrogen-bond donors (Lipinski definition) is 1. The van der Waals surface area contributed by atoms with Crippen molar-refractivity contribution in [2.75, 3.05) is 13.1 Å². The molecule has 0 spiro atoms. The molecule has 2 rings (SSSR count). The van der Waals surface area contributed by atoms with E-state index in [1.165, 1.54) is 25.7 Å². The maximum Gasteiger partial charge on any atom is 0.320 e. The number of carbonyl (C=O) groups is 1. The summed E-state index contributed by atoms with van der Waals surface area (Å²) in [5.74, 6) is 0.284. The van der Waals surface area contributed by atoms with Crippen LogP contribution in [0.3, 0.4) is 0 Å². The lowest BCUT2D eigenvalue weighted by Gasteiger charge is -2.32. The molecule has 14 heavy (non-hydrogen) atoms. The fourth-order valence-electron chi connectivity index (χ4n) is 2.29. The molecule has 1 heterocycles. The summed E-state index contributed by atoms with van der Waals surface area (Å²) in [7, 11) is 0. The second-order valence-electron chi connectivity index (χ2n) is 4.62. The summed E-state index contributed by atoms with van der Waals surface area (Å²) < 4.78 is 0. The molecule has 1 saturated carbocycles. The Hall–Kier alpha value is -0.570. The first-order valence-electron chi connectivity index (χ1n) is 5.74. The molecule has 0 amide bonds. The highest BCUT2D eigenvalue weighted by molar-refractivity contribution is 5.73. The van der Waals surface area contributed by atoms with Crippen LogP contribution in [0, 0.1) is 5.92 Å². The molecule has 80 valence electrons. The van der Waals surface area contributed by atoms with Crippen molar-refractivity contribution in [1.82, 2.24) is 4.90 Å². The number of carboxylic acid groups (broad SMARTS) is 1. The molecule has 1 aliphatic heterocycles. The van der Waals surface area contributed by atoms with E-state index < -0.39 is 5.97 Å². The monoisotopic (exact) mass is 197 g/mol. The van der Waals surface area contributed by atoms with Crippen LogP contribution < -0.4 is 0 Å². The first-order chi connectivity index (χ1) is 6.77. The number of nitrogens with zero attached hydrogens (tertiary/aromatic N) is 1. The Morgan fingerprint density at radius 3 is 2.71 bits per heavy atom. The normalized spacial score (nSPS) is 29.0. The van der Waals surface area contributed by atoms with Crippen molar-refractivity contribution < 1.29 is 9.90 Å². The topological polar surface area (TPSA) is 40.5 Å². The van der Waals surface area contributed by atoms with E-state index in [0.717, 1.165) is 31.8 Å². The van der Waals surface area contributed by atoms with Gasteiger partial charge in [0.2, 0.25) is 0 Å². The maximum atomic E-state index is 11.0. The fourth-order valence-corrected chi connectivity index (χ4v) is 2.29. The van der Waals surface area contributed by atoms with Gasteiger partial charge in [-0.2, -0.15) is 0 Å². The Morgan fingerprint density at radius 1 is 1.29 bits per heavy atom. The Labute approximate surface area is 85.1 Å². The molecule has 3 nitrogen and oxygen atoms in total. The molecule has 0 bridgehead atoms. The van der Waals surface area contributed by atoms with Gasteiger partial charge in [0, 0.05) is 0 Å². The number of carboxylic acids is 1. The fraction of sp³-hybridized carbons (Fsp3) is 0.909. The van der Waals surface area contributed by atoms with Crippen molar-refractivity contribution in [3.8, 4) is 0 Å². The molecule has 1 N–H and O–H groups in total. The zero-order valence-corrected chi connectivity index (χ0v) is 8.61. The lowest BCUT2D eigenvalue weighted by molar-refractivity contribution is -0.144. The second-order valence-corrected chi connectivity index (χ2v) is 4.62. The van der Waals surface area contributed by atoms with Gasteiger partial charge in [-0.05, 0) is 38.3 Å². The average Bonchev–Trinajstić information content (AvgIpc) is 2.98. The van der Waals surface area contributed by atoms with E-state index >= 15 is 0 Å². The Kier molecular flexibility index (Phi) is 3.06. The zero-order valence-electron chi connectivity index (χ0n) is 8.61. The highest BCUT2D eigenvalue weighted by atomic mass is 16.4. The SMILES string of the molecule is O=C(O)C1CCCCN1CCC1CC1. The zero-order chi connectivity index (χ0) is 9.97. The van der Waals surface area contributed by atoms with Gasteiger partial charge in [0.1, 0.15) is 6.04 Å². The van der Waals surface area contributed by atoms with E-state index in [4.69, 9.17) is 5.11 Å². The molecule has 0 aromatic heterocycles. The van der Waals surface area contributed by atoms with Crippen molar-refractivity contribution >= 4 is 5.97 Å². The van der Waals surface area contributed by atoms with E-state index in [2.05, 4.69) is 4.90 Å². The minimum absolute atomic E-state index is 0.192. The number of likely N-dealkylation sites (tertiary alicyclic amines) is 1. The standard InChI is InChI=1S/C11H19NO2/c13-11(14)10-3-1-2-7-12(10)8-6-9-4-5-9/h9-10H,1-8H2,(H,13,14). The van der Waals surface area contributed by atoms with Gasteiger partial charge >= 0.3 is 5.97 Å². The lowest BCUT2D eigenvalue weighted by Crippen LogP contribution is -2.45. The molecular formula is C11H19NO2. The molecule has 2 fully saturated rings. The average molecular weight is 197 g/mol. The lowest BCUT2D eigenvalue weighted by atomic mass is 10.0. The highest BCUT2D eigenvalue weighted by Crippen LogP contribution is 2.33. The maximum absolute atomic E-state index is 11.0. The van der Waals surface area contributed by atoms with Crippen LogP contribution in [0.1, 0.15) is 38.5 Å². The van der Waals surface area contributed by atoms with Gasteiger partial charge in [-0.1, -0.05) is 19.3 Å². The third-order valence-corrected chi connectivity index (χ3v) is 3.42. The molecule has 1 atom stereocenters. The van der Waals surface area contributed by atoms with Crippen molar-refractivity contribution in [1.29, 1.82) is 0 Å². The van der Waals surface area contributed by atoms with Gasteiger partial charge in [-0.25, -0.2) is 0 Å². The summed E-state index contributed by atoms with van der Waals surface area (Å²) in [5, 5.41) is 9.05. The molecule has 0 radical (unpaired) electrons. The van der Waals surface area contributed by atoms with Gasteiger partial charge < -0.3 is 5.11 Å². The number of hydrogen-bond acceptors (Lipinski definition) is 2. The molecule has 0 aromatic rings. The van der Waals surface area contributed by atoms with Gasteiger partial charge in [0.15, 0.2) is 0 Å². The third-order valence-electron chi connectivity index (χ3n) is 3.42. The van der Waals surface area contributed by atoms with E-state index in [1.807, 2.05) is 0 Å². The van der Waals surface area contributed by atoms with Crippen molar-refractivity contribution in [3.05, 3.63) is 0 Å². The molecule has 2 aliphatic rings. The van der Waals surface area contributed by atoms with Gasteiger partial charge in [-0.3, -0.25) is 9.69 Å². The number of rotatable bonds is 4. The minimum atomic E-state index is -0.625. The smallest absolute Gasteiger partial charge is 0.320 e.